The van der Waals surface area contributed by atoms with Crippen molar-refractivity contribution in [1.82, 2.24) is 14.6 Å². The van der Waals surface area contributed by atoms with Crippen LogP contribution in [0.2, 0.25) is 0 Å². The minimum absolute atomic E-state index is 0.311. The molecule has 6 heteroatoms. The zero-order valence-electron chi connectivity index (χ0n) is 9.73. The Morgan fingerprint density at radius 3 is 2.62 bits per heavy atom. The van der Waals surface area contributed by atoms with E-state index in [1.807, 2.05) is 0 Å². The van der Waals surface area contributed by atoms with E-state index in [2.05, 4.69) is 17.0 Å². The highest BCUT2D eigenvalue weighted by Gasteiger charge is 2.13. The van der Waals surface area contributed by atoms with Gasteiger partial charge in [0.05, 0.1) is 4.90 Å². The van der Waals surface area contributed by atoms with E-state index in [9.17, 15) is 8.42 Å². The number of aryl methyl sites for hydroxylation is 1. The van der Waals surface area contributed by atoms with Gasteiger partial charge in [0.2, 0.25) is 10.0 Å². The molecule has 1 heterocycles. The molecule has 1 aromatic heterocycles. The SMILES string of the molecule is CCCNCCNS(=O)(=O)c1ccn(C)c1. The molecule has 0 atom stereocenters. The van der Waals surface area contributed by atoms with Gasteiger partial charge >= 0.3 is 0 Å². The molecule has 1 aromatic rings. The Morgan fingerprint density at radius 1 is 1.31 bits per heavy atom. The van der Waals surface area contributed by atoms with Crippen molar-refractivity contribution in [3.05, 3.63) is 18.5 Å². The molecule has 0 radical (unpaired) electrons. The number of aromatic nitrogens is 1. The van der Waals surface area contributed by atoms with Crippen LogP contribution >= 0.6 is 0 Å². The predicted molar refractivity (Wildman–Crippen MR) is 63.8 cm³/mol. The quantitative estimate of drug-likeness (QED) is 0.679. The number of rotatable bonds is 7. The third kappa shape index (κ3) is 3.96. The maximum Gasteiger partial charge on any atom is 0.242 e. The highest BCUT2D eigenvalue weighted by atomic mass is 32.2. The molecule has 92 valence electrons. The number of nitrogens with zero attached hydrogens (tertiary/aromatic N) is 1. The second-order valence-corrected chi connectivity index (χ2v) is 5.43. The molecule has 16 heavy (non-hydrogen) atoms. The van der Waals surface area contributed by atoms with Gasteiger partial charge in [-0.3, -0.25) is 0 Å². The normalized spacial score (nSPS) is 11.9. The minimum atomic E-state index is -3.34. The summed E-state index contributed by atoms with van der Waals surface area (Å²) in [5.74, 6) is 0. The summed E-state index contributed by atoms with van der Waals surface area (Å²) in [5.41, 5.74) is 0. The van der Waals surface area contributed by atoms with Gasteiger partial charge in [0, 0.05) is 32.5 Å². The zero-order valence-corrected chi connectivity index (χ0v) is 10.5. The number of nitrogens with one attached hydrogen (secondary N) is 2. The summed E-state index contributed by atoms with van der Waals surface area (Å²) in [6.45, 7) is 4.05. The lowest BCUT2D eigenvalue weighted by atomic mass is 10.5. The molecule has 0 fully saturated rings. The van der Waals surface area contributed by atoms with Gasteiger partial charge in [-0.05, 0) is 19.0 Å². The number of hydrogen-bond acceptors (Lipinski definition) is 3. The Labute approximate surface area is 96.9 Å². The van der Waals surface area contributed by atoms with E-state index in [-0.39, 0.29) is 0 Å². The summed E-state index contributed by atoms with van der Waals surface area (Å²) in [6.07, 6.45) is 4.34. The van der Waals surface area contributed by atoms with Crippen LogP contribution in [0.1, 0.15) is 13.3 Å². The number of hydrogen-bond donors (Lipinski definition) is 2. The Morgan fingerprint density at radius 2 is 2.06 bits per heavy atom. The van der Waals surface area contributed by atoms with E-state index in [1.165, 1.54) is 0 Å². The molecule has 0 aliphatic rings. The molecule has 0 amide bonds. The Kier molecular flexibility index (Phi) is 4.98. The lowest BCUT2D eigenvalue weighted by Gasteiger charge is -2.05. The Bertz CT molecular complexity index is 411. The molecule has 0 aromatic carbocycles. The first-order chi connectivity index (χ1) is 7.56. The fourth-order valence-electron chi connectivity index (χ4n) is 1.30. The standard InChI is InChI=1S/C10H19N3O2S/c1-3-5-11-6-7-12-16(14,15)10-4-8-13(2)9-10/h4,8-9,11-12H,3,5-7H2,1-2H3. The van der Waals surface area contributed by atoms with Gasteiger partial charge in [0.1, 0.15) is 0 Å². The molecule has 0 saturated heterocycles. The molecule has 0 spiro atoms. The first-order valence-corrected chi connectivity index (χ1v) is 6.87. The van der Waals surface area contributed by atoms with E-state index in [0.29, 0.717) is 18.0 Å². The smallest absolute Gasteiger partial charge is 0.242 e. The molecule has 0 bridgehead atoms. The van der Waals surface area contributed by atoms with Crippen molar-refractivity contribution in [3.63, 3.8) is 0 Å². The fraction of sp³-hybridized carbons (Fsp3) is 0.600. The number of sulfonamides is 1. The molecule has 0 saturated carbocycles. The van der Waals surface area contributed by atoms with Crippen molar-refractivity contribution < 1.29 is 8.42 Å². The van der Waals surface area contributed by atoms with Crippen molar-refractivity contribution in [3.8, 4) is 0 Å². The van der Waals surface area contributed by atoms with Crippen LogP contribution < -0.4 is 10.0 Å². The molecule has 2 N–H and O–H groups in total. The highest BCUT2D eigenvalue weighted by molar-refractivity contribution is 7.89. The van der Waals surface area contributed by atoms with Gasteiger partial charge in [-0.1, -0.05) is 6.92 Å². The van der Waals surface area contributed by atoms with E-state index in [4.69, 9.17) is 0 Å². The van der Waals surface area contributed by atoms with Crippen molar-refractivity contribution in [1.29, 1.82) is 0 Å². The molecule has 5 nitrogen and oxygen atoms in total. The second-order valence-electron chi connectivity index (χ2n) is 3.66. The van der Waals surface area contributed by atoms with Crippen LogP contribution in [0.15, 0.2) is 23.4 Å². The van der Waals surface area contributed by atoms with Crippen LogP contribution in [-0.4, -0.2) is 32.6 Å². The van der Waals surface area contributed by atoms with Crippen LogP contribution in [0.3, 0.4) is 0 Å². The van der Waals surface area contributed by atoms with E-state index >= 15 is 0 Å². The van der Waals surface area contributed by atoms with E-state index in [1.54, 1.807) is 30.1 Å². The van der Waals surface area contributed by atoms with Gasteiger partial charge in [-0.2, -0.15) is 0 Å². The van der Waals surface area contributed by atoms with Crippen LogP contribution in [0.4, 0.5) is 0 Å². The van der Waals surface area contributed by atoms with Crippen molar-refractivity contribution in [2.75, 3.05) is 19.6 Å². The lowest BCUT2D eigenvalue weighted by molar-refractivity contribution is 0.575. The average molecular weight is 245 g/mol. The third-order valence-electron chi connectivity index (χ3n) is 2.14. The summed E-state index contributed by atoms with van der Waals surface area (Å²) >= 11 is 0. The van der Waals surface area contributed by atoms with Crippen molar-refractivity contribution in [2.45, 2.75) is 18.2 Å². The monoisotopic (exact) mass is 245 g/mol. The van der Waals surface area contributed by atoms with Gasteiger partial charge in [0.15, 0.2) is 0 Å². The van der Waals surface area contributed by atoms with Gasteiger partial charge < -0.3 is 9.88 Å². The summed E-state index contributed by atoms with van der Waals surface area (Å²) < 4.78 is 27.7. The minimum Gasteiger partial charge on any atom is -0.356 e. The summed E-state index contributed by atoms with van der Waals surface area (Å²) in [5, 5.41) is 3.13. The molecular formula is C10H19N3O2S. The van der Waals surface area contributed by atoms with Gasteiger partial charge in [-0.25, -0.2) is 13.1 Å². The second kappa shape index (κ2) is 6.03. The largest absolute Gasteiger partial charge is 0.356 e. The summed E-state index contributed by atoms with van der Waals surface area (Å²) in [7, 11) is -1.54. The highest BCUT2D eigenvalue weighted by Crippen LogP contribution is 2.07. The molecule has 0 aliphatic carbocycles. The molecule has 1 rings (SSSR count). The van der Waals surface area contributed by atoms with Gasteiger partial charge in [-0.15, -0.1) is 0 Å². The van der Waals surface area contributed by atoms with Crippen molar-refractivity contribution >= 4 is 10.0 Å². The Hall–Kier alpha value is -0.850. The van der Waals surface area contributed by atoms with Crippen LogP contribution in [0, 0.1) is 0 Å². The maximum absolute atomic E-state index is 11.7. The Balaban J connectivity index is 2.41. The average Bonchev–Trinajstić information content (AvgIpc) is 2.65. The topological polar surface area (TPSA) is 63.1 Å². The van der Waals surface area contributed by atoms with Crippen LogP contribution in [-0.2, 0) is 17.1 Å². The summed E-state index contributed by atoms with van der Waals surface area (Å²) in [4.78, 5) is 0.311. The van der Waals surface area contributed by atoms with Crippen LogP contribution in [0.5, 0.6) is 0 Å². The van der Waals surface area contributed by atoms with E-state index < -0.39 is 10.0 Å². The zero-order chi connectivity index (χ0) is 12.0. The molecule has 0 aliphatic heterocycles. The predicted octanol–water partition coefficient (Wildman–Crippen LogP) is 0.303. The third-order valence-corrected chi connectivity index (χ3v) is 3.58. The van der Waals surface area contributed by atoms with Gasteiger partial charge in [0.25, 0.3) is 0 Å². The summed E-state index contributed by atoms with van der Waals surface area (Å²) in [6, 6.07) is 1.59. The molecule has 0 unspecified atom stereocenters. The maximum atomic E-state index is 11.7. The lowest BCUT2D eigenvalue weighted by Crippen LogP contribution is -2.32. The van der Waals surface area contributed by atoms with Crippen LogP contribution in [0.25, 0.3) is 0 Å². The van der Waals surface area contributed by atoms with Crippen molar-refractivity contribution in [2.24, 2.45) is 7.05 Å². The first-order valence-electron chi connectivity index (χ1n) is 5.38. The van der Waals surface area contributed by atoms with E-state index in [0.717, 1.165) is 13.0 Å². The first kappa shape index (κ1) is 13.2. The fourth-order valence-corrected chi connectivity index (χ4v) is 2.38. The molecular weight excluding hydrogens is 226 g/mol.